The largest absolute Gasteiger partial charge is 0.310 e. The number of hydrogen-bond donors (Lipinski definition) is 1. The van der Waals surface area contributed by atoms with Crippen LogP contribution in [-0.4, -0.2) is 10.9 Å². The smallest absolute Gasteiger partial charge is 0.229 e. The molecule has 1 heterocycles. The Bertz CT molecular complexity index is 779. The summed E-state index contributed by atoms with van der Waals surface area (Å²) < 4.78 is 0. The third kappa shape index (κ3) is 7.45. The third-order valence-electron chi connectivity index (χ3n) is 3.62. The lowest BCUT2D eigenvalue weighted by Gasteiger charge is -2.06. The molecule has 0 saturated heterocycles. The van der Waals surface area contributed by atoms with E-state index in [1.54, 1.807) is 6.20 Å². The Labute approximate surface area is 163 Å². The Balaban J connectivity index is 0.000000855. The van der Waals surface area contributed by atoms with Gasteiger partial charge in [-0.1, -0.05) is 87.9 Å². The molecule has 3 nitrogen and oxygen atoms in total. The van der Waals surface area contributed by atoms with Gasteiger partial charge in [0.2, 0.25) is 5.91 Å². The molecule has 3 aromatic rings. The molecule has 0 atom stereocenters. The molecule has 0 aliphatic carbocycles. The molecular formula is C24H30N2O. The molecule has 0 aliphatic rings. The van der Waals surface area contributed by atoms with Crippen LogP contribution in [0.3, 0.4) is 0 Å². The highest BCUT2D eigenvalue weighted by Gasteiger charge is 2.05. The highest BCUT2D eigenvalue weighted by Crippen LogP contribution is 2.19. The summed E-state index contributed by atoms with van der Waals surface area (Å²) in [5.74, 6) is 0.510. The average molecular weight is 363 g/mol. The number of benzene rings is 2. The van der Waals surface area contributed by atoms with Gasteiger partial charge in [0.25, 0.3) is 0 Å². The van der Waals surface area contributed by atoms with E-state index in [4.69, 9.17) is 0 Å². The van der Waals surface area contributed by atoms with E-state index in [1.807, 2.05) is 101 Å². The van der Waals surface area contributed by atoms with Crippen molar-refractivity contribution in [1.82, 2.24) is 4.98 Å². The first-order valence-electron chi connectivity index (χ1n) is 9.57. The van der Waals surface area contributed by atoms with Crippen molar-refractivity contribution in [3.05, 3.63) is 84.1 Å². The number of carbonyl (C=O) groups is 1. The molecular weight excluding hydrogens is 332 g/mol. The van der Waals surface area contributed by atoms with Crippen molar-refractivity contribution >= 4 is 11.7 Å². The van der Waals surface area contributed by atoms with Crippen molar-refractivity contribution in [2.24, 2.45) is 0 Å². The monoisotopic (exact) mass is 362 g/mol. The Morgan fingerprint density at radius 1 is 0.815 bits per heavy atom. The molecule has 0 radical (unpaired) electrons. The van der Waals surface area contributed by atoms with Crippen LogP contribution < -0.4 is 5.32 Å². The van der Waals surface area contributed by atoms with Crippen LogP contribution in [0.2, 0.25) is 0 Å². The lowest BCUT2D eigenvalue weighted by atomic mass is 10.1. The average Bonchev–Trinajstić information content (AvgIpc) is 2.74. The molecule has 1 N–H and O–H groups in total. The van der Waals surface area contributed by atoms with Crippen LogP contribution in [-0.2, 0) is 11.2 Å². The van der Waals surface area contributed by atoms with Gasteiger partial charge in [-0.3, -0.25) is 4.79 Å². The molecule has 27 heavy (non-hydrogen) atoms. The molecule has 0 unspecified atom stereocenters. The van der Waals surface area contributed by atoms with Gasteiger partial charge in [0.1, 0.15) is 5.82 Å². The molecule has 1 aromatic heterocycles. The molecule has 3 rings (SSSR count). The second-order valence-corrected chi connectivity index (χ2v) is 5.51. The zero-order valence-electron chi connectivity index (χ0n) is 17.0. The van der Waals surface area contributed by atoms with Crippen LogP contribution in [0.1, 0.15) is 38.8 Å². The SMILES string of the molecule is CC.CC.Cc1ccc(CC(=O)Nc2ccc(-c3ccccc3)cn2)cc1. The maximum atomic E-state index is 12.1. The summed E-state index contributed by atoms with van der Waals surface area (Å²) in [6.45, 7) is 10.0. The van der Waals surface area contributed by atoms with Crippen molar-refractivity contribution in [2.45, 2.75) is 41.0 Å². The molecule has 0 bridgehead atoms. The van der Waals surface area contributed by atoms with E-state index in [0.29, 0.717) is 12.2 Å². The summed E-state index contributed by atoms with van der Waals surface area (Å²) in [6, 6.07) is 21.8. The zero-order valence-corrected chi connectivity index (χ0v) is 17.0. The quantitative estimate of drug-likeness (QED) is 0.592. The second-order valence-electron chi connectivity index (χ2n) is 5.51. The van der Waals surface area contributed by atoms with Crippen molar-refractivity contribution < 1.29 is 4.79 Å². The molecule has 0 saturated carbocycles. The highest BCUT2D eigenvalue weighted by atomic mass is 16.1. The number of aryl methyl sites for hydroxylation is 1. The van der Waals surface area contributed by atoms with Gasteiger partial charge in [0.15, 0.2) is 0 Å². The molecule has 2 aromatic carbocycles. The first-order chi connectivity index (χ1) is 13.2. The van der Waals surface area contributed by atoms with Crippen LogP contribution in [0.25, 0.3) is 11.1 Å². The van der Waals surface area contributed by atoms with E-state index >= 15 is 0 Å². The number of carbonyl (C=O) groups excluding carboxylic acids is 1. The van der Waals surface area contributed by atoms with Crippen LogP contribution in [0.15, 0.2) is 72.9 Å². The number of nitrogens with zero attached hydrogens (tertiary/aromatic N) is 1. The second kappa shape index (κ2) is 12.4. The van der Waals surface area contributed by atoms with Crippen molar-refractivity contribution in [1.29, 1.82) is 0 Å². The number of anilines is 1. The van der Waals surface area contributed by atoms with Gasteiger partial charge in [-0.2, -0.15) is 0 Å². The maximum absolute atomic E-state index is 12.1. The molecule has 3 heteroatoms. The summed E-state index contributed by atoms with van der Waals surface area (Å²) in [7, 11) is 0. The Morgan fingerprint density at radius 2 is 1.44 bits per heavy atom. The fourth-order valence-electron chi connectivity index (χ4n) is 2.35. The Hall–Kier alpha value is -2.94. The van der Waals surface area contributed by atoms with Crippen molar-refractivity contribution in [2.75, 3.05) is 5.32 Å². The van der Waals surface area contributed by atoms with Gasteiger partial charge in [0, 0.05) is 11.8 Å². The van der Waals surface area contributed by atoms with E-state index in [0.717, 1.165) is 16.7 Å². The van der Waals surface area contributed by atoms with Gasteiger partial charge in [-0.25, -0.2) is 4.98 Å². The fourth-order valence-corrected chi connectivity index (χ4v) is 2.35. The lowest BCUT2D eigenvalue weighted by molar-refractivity contribution is -0.115. The highest BCUT2D eigenvalue weighted by molar-refractivity contribution is 5.91. The number of nitrogens with one attached hydrogen (secondary N) is 1. The standard InChI is InChI=1S/C20H18N2O.2C2H6/c1-15-7-9-16(10-8-15)13-20(23)22-19-12-11-18(14-21-19)17-5-3-2-4-6-17;2*1-2/h2-12,14H,13H2,1H3,(H,21,22,23);2*1-2H3. The Kier molecular flexibility index (Phi) is 10.2. The molecule has 0 aliphatic heterocycles. The summed E-state index contributed by atoms with van der Waals surface area (Å²) >= 11 is 0. The van der Waals surface area contributed by atoms with Gasteiger partial charge >= 0.3 is 0 Å². The first-order valence-corrected chi connectivity index (χ1v) is 9.57. The predicted molar refractivity (Wildman–Crippen MR) is 116 cm³/mol. The molecule has 0 spiro atoms. The number of pyridine rings is 1. The number of rotatable bonds is 4. The predicted octanol–water partition coefficient (Wildman–Crippen LogP) is 6.29. The Morgan fingerprint density at radius 3 is 2.00 bits per heavy atom. The van der Waals surface area contributed by atoms with E-state index in [1.165, 1.54) is 5.56 Å². The topological polar surface area (TPSA) is 42.0 Å². The van der Waals surface area contributed by atoms with Crippen molar-refractivity contribution in [3.63, 3.8) is 0 Å². The molecule has 0 fully saturated rings. The van der Waals surface area contributed by atoms with E-state index in [2.05, 4.69) is 10.3 Å². The summed E-state index contributed by atoms with van der Waals surface area (Å²) in [6.07, 6.45) is 2.12. The summed E-state index contributed by atoms with van der Waals surface area (Å²) in [5.41, 5.74) is 4.32. The summed E-state index contributed by atoms with van der Waals surface area (Å²) in [5, 5.41) is 2.83. The molecule has 1 amide bonds. The summed E-state index contributed by atoms with van der Waals surface area (Å²) in [4.78, 5) is 16.4. The van der Waals surface area contributed by atoms with Gasteiger partial charge < -0.3 is 5.32 Å². The fraction of sp³-hybridized carbons (Fsp3) is 0.250. The van der Waals surface area contributed by atoms with Crippen LogP contribution >= 0.6 is 0 Å². The number of hydrogen-bond acceptors (Lipinski definition) is 2. The van der Waals surface area contributed by atoms with Crippen molar-refractivity contribution in [3.8, 4) is 11.1 Å². The minimum absolute atomic E-state index is 0.0613. The maximum Gasteiger partial charge on any atom is 0.229 e. The van der Waals surface area contributed by atoms with E-state index in [-0.39, 0.29) is 5.91 Å². The van der Waals surface area contributed by atoms with E-state index in [9.17, 15) is 4.79 Å². The van der Waals surface area contributed by atoms with Gasteiger partial charge in [0.05, 0.1) is 6.42 Å². The number of amides is 1. The minimum Gasteiger partial charge on any atom is -0.310 e. The van der Waals surface area contributed by atoms with E-state index < -0.39 is 0 Å². The normalized spacial score (nSPS) is 9.22. The van der Waals surface area contributed by atoms with Gasteiger partial charge in [-0.05, 0) is 30.2 Å². The van der Waals surface area contributed by atoms with Crippen LogP contribution in [0.5, 0.6) is 0 Å². The third-order valence-corrected chi connectivity index (χ3v) is 3.62. The zero-order chi connectivity index (χ0) is 20.1. The first kappa shape index (κ1) is 22.1. The van der Waals surface area contributed by atoms with Crippen LogP contribution in [0, 0.1) is 6.92 Å². The lowest BCUT2D eigenvalue weighted by Crippen LogP contribution is -2.15. The minimum atomic E-state index is -0.0613. The number of aromatic nitrogens is 1. The van der Waals surface area contributed by atoms with Gasteiger partial charge in [-0.15, -0.1) is 0 Å². The molecule has 142 valence electrons. The van der Waals surface area contributed by atoms with Crippen LogP contribution in [0.4, 0.5) is 5.82 Å².